The number of hydrogen-bond donors (Lipinski definition) is 3. The number of rotatable bonds is 4. The summed E-state index contributed by atoms with van der Waals surface area (Å²) in [5, 5.41) is 27.4. The molecule has 1 atom stereocenters. The zero-order chi connectivity index (χ0) is 22.0. The predicted molar refractivity (Wildman–Crippen MR) is 99.1 cm³/mol. The molecule has 3 rings (SSSR count). The van der Waals surface area contributed by atoms with Crippen molar-refractivity contribution in [1.29, 1.82) is 0 Å². The van der Waals surface area contributed by atoms with Crippen molar-refractivity contribution in [2.75, 3.05) is 21.3 Å². The van der Waals surface area contributed by atoms with Gasteiger partial charge < -0.3 is 29.5 Å². The van der Waals surface area contributed by atoms with Gasteiger partial charge in [0.2, 0.25) is 11.6 Å². The van der Waals surface area contributed by atoms with Crippen LogP contribution in [0.3, 0.4) is 0 Å². The molecule has 2 aliphatic rings. The monoisotopic (exact) mass is 406 g/mol. The third-order valence-corrected chi connectivity index (χ3v) is 4.82. The molecule has 0 amide bonds. The van der Waals surface area contributed by atoms with E-state index in [2.05, 4.69) is 0 Å². The van der Waals surface area contributed by atoms with Crippen LogP contribution in [0.15, 0.2) is 47.4 Å². The summed E-state index contributed by atoms with van der Waals surface area (Å²) >= 11 is 0. The fraction of sp³-hybridized carbons (Fsp3) is 0.350. The highest BCUT2D eigenvalue weighted by Gasteiger charge is 2.50. The first-order valence-corrected chi connectivity index (χ1v) is 8.48. The molecule has 1 aromatic carbocycles. The van der Waals surface area contributed by atoms with Crippen LogP contribution in [0.4, 0.5) is 0 Å². The first-order valence-electron chi connectivity index (χ1n) is 8.48. The van der Waals surface area contributed by atoms with E-state index in [0.717, 1.165) is 5.57 Å². The summed E-state index contributed by atoms with van der Waals surface area (Å²) in [6.07, 6.45) is 1.63. The van der Waals surface area contributed by atoms with Crippen molar-refractivity contribution >= 4 is 17.5 Å². The first-order chi connectivity index (χ1) is 13.6. The lowest BCUT2D eigenvalue weighted by molar-refractivity contribution is -0.157. The zero-order valence-corrected chi connectivity index (χ0v) is 16.4. The second-order valence-corrected chi connectivity index (χ2v) is 6.42. The second kappa shape index (κ2) is 8.16. The fourth-order valence-corrected chi connectivity index (χ4v) is 3.03. The van der Waals surface area contributed by atoms with Crippen LogP contribution in [0.1, 0.15) is 34.1 Å². The number of Topliss-reactive ketones (excluding diaryl/α,β-unsaturated/α-hetero) is 2. The number of carbonyl (C=O) groups excluding carboxylic acids is 2. The number of carboxylic acids is 1. The molecule has 0 aliphatic heterocycles. The average Bonchev–Trinajstić information content (AvgIpc) is 2.89. The minimum Gasteiger partial charge on any atom is -0.501 e. The molecule has 0 bridgehead atoms. The molecule has 0 fully saturated rings. The molecule has 2 aliphatic carbocycles. The largest absolute Gasteiger partial charge is 0.501 e. The van der Waals surface area contributed by atoms with Gasteiger partial charge in [0.05, 0.1) is 14.2 Å². The number of benzene rings is 1. The van der Waals surface area contributed by atoms with Gasteiger partial charge in [-0.15, -0.1) is 0 Å². The smallest absolute Gasteiger partial charge is 0.340 e. The van der Waals surface area contributed by atoms with E-state index in [-0.39, 0.29) is 17.5 Å². The fourth-order valence-electron chi connectivity index (χ4n) is 3.03. The highest BCUT2D eigenvalue weighted by atomic mass is 16.5. The van der Waals surface area contributed by atoms with Gasteiger partial charge in [-0.2, -0.15) is 0 Å². The number of ketones is 2. The standard InChI is InChI=1S/C11H16O5.C9H6O4/c1-7-8(14-2)5-11(16-4,10(12)13)6-9(7)15-3;10-7-5-3-1-2-4-6(5)8(11)9(7,12)13/h5H,6H2,1-4H3,(H,12,13);1-4,12-13H. The zero-order valence-electron chi connectivity index (χ0n) is 16.4. The molecule has 156 valence electrons. The van der Waals surface area contributed by atoms with Crippen LogP contribution in [0.2, 0.25) is 0 Å². The van der Waals surface area contributed by atoms with E-state index in [1.165, 1.54) is 39.5 Å². The lowest BCUT2D eigenvalue weighted by atomic mass is 9.89. The minimum absolute atomic E-state index is 0.0671. The molecule has 0 saturated carbocycles. The molecule has 0 aromatic heterocycles. The number of allylic oxidation sites excluding steroid dienone is 1. The number of fused-ring (bicyclic) bond motifs is 1. The van der Waals surface area contributed by atoms with E-state index < -0.39 is 28.9 Å². The topological polar surface area (TPSA) is 140 Å². The molecule has 1 unspecified atom stereocenters. The summed E-state index contributed by atoms with van der Waals surface area (Å²) in [6.45, 7) is 1.82. The summed E-state index contributed by atoms with van der Waals surface area (Å²) in [4.78, 5) is 33.6. The Balaban J connectivity index is 0.000000211. The first kappa shape index (κ1) is 22.3. The van der Waals surface area contributed by atoms with Crippen molar-refractivity contribution in [3.63, 3.8) is 0 Å². The molecule has 0 heterocycles. The average molecular weight is 406 g/mol. The molecule has 0 spiro atoms. The normalized spacial score (nSPS) is 22.3. The lowest BCUT2D eigenvalue weighted by Gasteiger charge is -2.30. The van der Waals surface area contributed by atoms with Gasteiger partial charge in [0.1, 0.15) is 11.5 Å². The van der Waals surface area contributed by atoms with Crippen LogP contribution in [0.5, 0.6) is 0 Å². The van der Waals surface area contributed by atoms with Gasteiger partial charge in [0.25, 0.3) is 5.79 Å². The number of carboxylic acid groups (broad SMARTS) is 1. The van der Waals surface area contributed by atoms with E-state index in [9.17, 15) is 19.5 Å². The lowest BCUT2D eigenvalue weighted by Crippen LogP contribution is -2.41. The Labute approximate surface area is 166 Å². The Morgan fingerprint density at radius 3 is 1.90 bits per heavy atom. The molecule has 29 heavy (non-hydrogen) atoms. The highest BCUT2D eigenvalue weighted by molar-refractivity contribution is 6.30. The Kier molecular flexibility index (Phi) is 6.27. The third-order valence-electron chi connectivity index (χ3n) is 4.82. The molecule has 1 aromatic rings. The summed E-state index contributed by atoms with van der Waals surface area (Å²) in [7, 11) is 4.34. The van der Waals surface area contributed by atoms with Crippen molar-refractivity contribution < 1.29 is 43.9 Å². The molecular weight excluding hydrogens is 384 g/mol. The Bertz CT molecular complexity index is 873. The van der Waals surface area contributed by atoms with Crippen LogP contribution in [-0.4, -0.2) is 65.6 Å². The van der Waals surface area contributed by atoms with Gasteiger partial charge in [-0.3, -0.25) is 9.59 Å². The number of methoxy groups -OCH3 is 3. The Hall–Kier alpha value is -3.01. The van der Waals surface area contributed by atoms with Crippen molar-refractivity contribution in [1.82, 2.24) is 0 Å². The molecule has 0 saturated heterocycles. The van der Waals surface area contributed by atoms with Gasteiger partial charge in [-0.05, 0) is 6.92 Å². The van der Waals surface area contributed by atoms with Crippen LogP contribution in [0.25, 0.3) is 0 Å². The SMILES string of the molecule is COC1=CC(OC)(C(=O)O)CC(OC)=C1C.O=C1c2ccccc2C(=O)C1(O)O. The molecule has 9 nitrogen and oxygen atoms in total. The maximum Gasteiger partial charge on any atom is 0.340 e. The summed E-state index contributed by atoms with van der Waals surface area (Å²) in [5.41, 5.74) is -0.482. The summed E-state index contributed by atoms with van der Waals surface area (Å²) in [6, 6.07) is 5.91. The molecule has 3 N–H and O–H groups in total. The quantitative estimate of drug-likeness (QED) is 0.494. The van der Waals surface area contributed by atoms with Gasteiger partial charge in [0.15, 0.2) is 5.60 Å². The number of ether oxygens (including phenoxy) is 3. The number of aliphatic carboxylic acids is 1. The van der Waals surface area contributed by atoms with E-state index in [1.54, 1.807) is 12.1 Å². The highest BCUT2D eigenvalue weighted by Crippen LogP contribution is 2.34. The van der Waals surface area contributed by atoms with Gasteiger partial charge in [-0.25, -0.2) is 4.79 Å². The van der Waals surface area contributed by atoms with Crippen molar-refractivity contribution in [3.8, 4) is 0 Å². The third kappa shape index (κ3) is 3.80. The molecule has 9 heteroatoms. The van der Waals surface area contributed by atoms with Crippen LogP contribution in [-0.2, 0) is 19.0 Å². The van der Waals surface area contributed by atoms with Crippen molar-refractivity contribution in [3.05, 3.63) is 58.6 Å². The molecular formula is C20H22O9. The van der Waals surface area contributed by atoms with Gasteiger partial charge in [-0.1, -0.05) is 24.3 Å². The summed E-state index contributed by atoms with van der Waals surface area (Å²) < 4.78 is 15.4. The van der Waals surface area contributed by atoms with Gasteiger partial charge >= 0.3 is 5.97 Å². The van der Waals surface area contributed by atoms with Gasteiger partial charge in [0, 0.05) is 36.3 Å². The number of hydrogen-bond acceptors (Lipinski definition) is 8. The number of carbonyl (C=O) groups is 3. The van der Waals surface area contributed by atoms with E-state index in [4.69, 9.17) is 24.4 Å². The Morgan fingerprint density at radius 2 is 1.52 bits per heavy atom. The minimum atomic E-state index is -2.86. The number of aliphatic hydroxyl groups is 2. The second-order valence-electron chi connectivity index (χ2n) is 6.42. The maximum absolute atomic E-state index is 11.2. The summed E-state index contributed by atoms with van der Waals surface area (Å²) in [5.74, 6) is -4.80. The Morgan fingerprint density at radius 1 is 1.00 bits per heavy atom. The van der Waals surface area contributed by atoms with E-state index >= 15 is 0 Å². The van der Waals surface area contributed by atoms with E-state index in [0.29, 0.717) is 11.5 Å². The maximum atomic E-state index is 11.2. The van der Waals surface area contributed by atoms with E-state index in [1.807, 2.05) is 6.92 Å². The van der Waals surface area contributed by atoms with Crippen molar-refractivity contribution in [2.24, 2.45) is 0 Å². The van der Waals surface area contributed by atoms with Crippen LogP contribution < -0.4 is 0 Å². The van der Waals surface area contributed by atoms with Crippen LogP contribution in [0, 0.1) is 0 Å². The van der Waals surface area contributed by atoms with Crippen molar-refractivity contribution in [2.45, 2.75) is 24.7 Å². The predicted octanol–water partition coefficient (Wildman–Crippen LogP) is 1.06. The molecule has 0 radical (unpaired) electrons. The van der Waals surface area contributed by atoms with Crippen LogP contribution >= 0.6 is 0 Å².